The van der Waals surface area contributed by atoms with Gasteiger partial charge in [0.05, 0.1) is 11.6 Å². The number of nitrogens with zero attached hydrogens (tertiary/aromatic N) is 3. The molecule has 0 unspecified atom stereocenters. The molecule has 2 aliphatic rings. The van der Waals surface area contributed by atoms with Crippen LogP contribution in [-0.4, -0.2) is 54.0 Å². The molecule has 0 bridgehead atoms. The smallest absolute Gasteiger partial charge is 0.254 e. The van der Waals surface area contributed by atoms with E-state index in [2.05, 4.69) is 55.2 Å². The molecule has 2 aliphatic heterocycles. The minimum atomic E-state index is 0.0112. The average Bonchev–Trinajstić information content (AvgIpc) is 2.84. The molecule has 0 aliphatic carbocycles. The number of rotatable bonds is 5. The molecule has 5 nitrogen and oxygen atoms in total. The van der Waals surface area contributed by atoms with Gasteiger partial charge in [0.25, 0.3) is 5.91 Å². The van der Waals surface area contributed by atoms with E-state index < -0.39 is 0 Å². The molecule has 0 radical (unpaired) electrons. The maximum absolute atomic E-state index is 12.7. The van der Waals surface area contributed by atoms with Crippen LogP contribution in [0.15, 0.2) is 54.6 Å². The van der Waals surface area contributed by atoms with Gasteiger partial charge in [-0.25, -0.2) is 0 Å². The number of nitriles is 1. The molecule has 2 aromatic carbocycles. The second-order valence-corrected chi connectivity index (χ2v) is 8.89. The number of carbonyl (C=O) groups is 1. The van der Waals surface area contributed by atoms with Crippen molar-refractivity contribution >= 4 is 11.5 Å². The predicted molar refractivity (Wildman–Crippen MR) is 126 cm³/mol. The molecule has 2 heterocycles. The standard InChI is InChI=1S/C27H31N3O2/c1-20(2)29-17-13-26(14-18-29)32-25-9-7-22(8-10-25)23-11-15-30(16-12-23)27(31)24-5-3-21(19-28)4-6-24/h3-11,20,26H,12-18H2,1-2H3. The number of carbonyl (C=O) groups excluding carboxylic acids is 1. The number of hydrogen-bond acceptors (Lipinski definition) is 4. The summed E-state index contributed by atoms with van der Waals surface area (Å²) >= 11 is 0. The molecule has 166 valence electrons. The minimum Gasteiger partial charge on any atom is -0.490 e. The van der Waals surface area contributed by atoms with Crippen LogP contribution in [0.5, 0.6) is 5.75 Å². The van der Waals surface area contributed by atoms with Gasteiger partial charge in [-0.1, -0.05) is 18.2 Å². The summed E-state index contributed by atoms with van der Waals surface area (Å²) in [5.74, 6) is 0.947. The van der Waals surface area contributed by atoms with Crippen LogP contribution in [0.4, 0.5) is 0 Å². The quantitative estimate of drug-likeness (QED) is 0.689. The van der Waals surface area contributed by atoms with Crippen LogP contribution < -0.4 is 4.74 Å². The highest BCUT2D eigenvalue weighted by atomic mass is 16.5. The van der Waals surface area contributed by atoms with Crippen molar-refractivity contribution in [2.75, 3.05) is 26.2 Å². The average molecular weight is 430 g/mol. The second kappa shape index (κ2) is 10.0. The van der Waals surface area contributed by atoms with Crippen molar-refractivity contribution in [3.63, 3.8) is 0 Å². The van der Waals surface area contributed by atoms with Crippen molar-refractivity contribution < 1.29 is 9.53 Å². The molecule has 1 fully saturated rings. The van der Waals surface area contributed by atoms with E-state index in [1.165, 1.54) is 11.1 Å². The van der Waals surface area contributed by atoms with Crippen molar-refractivity contribution in [2.45, 2.75) is 45.3 Å². The largest absolute Gasteiger partial charge is 0.490 e. The summed E-state index contributed by atoms with van der Waals surface area (Å²) in [5.41, 5.74) is 3.65. The summed E-state index contributed by atoms with van der Waals surface area (Å²) in [6.07, 6.45) is 5.42. The molecule has 0 spiro atoms. The van der Waals surface area contributed by atoms with Crippen LogP contribution in [0.2, 0.25) is 0 Å². The molecule has 4 rings (SSSR count). The minimum absolute atomic E-state index is 0.0112. The van der Waals surface area contributed by atoms with E-state index in [4.69, 9.17) is 10.00 Å². The van der Waals surface area contributed by atoms with Gasteiger partial charge in [-0.3, -0.25) is 4.79 Å². The summed E-state index contributed by atoms with van der Waals surface area (Å²) in [5, 5.41) is 8.92. The Bertz CT molecular complexity index is 995. The van der Waals surface area contributed by atoms with E-state index in [-0.39, 0.29) is 5.91 Å². The van der Waals surface area contributed by atoms with Gasteiger partial charge < -0.3 is 14.5 Å². The van der Waals surface area contributed by atoms with Gasteiger partial charge in [-0.15, -0.1) is 0 Å². The van der Waals surface area contributed by atoms with Crippen molar-refractivity contribution in [2.24, 2.45) is 0 Å². The third kappa shape index (κ3) is 5.20. The Morgan fingerprint density at radius 3 is 2.28 bits per heavy atom. The van der Waals surface area contributed by atoms with E-state index in [0.29, 0.717) is 36.4 Å². The van der Waals surface area contributed by atoms with Crippen molar-refractivity contribution in [3.05, 3.63) is 71.3 Å². The van der Waals surface area contributed by atoms with Crippen LogP contribution in [-0.2, 0) is 0 Å². The van der Waals surface area contributed by atoms with E-state index in [0.717, 1.165) is 38.1 Å². The van der Waals surface area contributed by atoms with Gasteiger partial charge >= 0.3 is 0 Å². The first-order chi connectivity index (χ1) is 15.5. The Hall–Kier alpha value is -3.10. The number of likely N-dealkylation sites (tertiary alicyclic amines) is 1. The van der Waals surface area contributed by atoms with Crippen LogP contribution >= 0.6 is 0 Å². The zero-order valence-corrected chi connectivity index (χ0v) is 19.0. The highest BCUT2D eigenvalue weighted by molar-refractivity contribution is 5.95. The van der Waals surface area contributed by atoms with Gasteiger partial charge in [0, 0.05) is 37.8 Å². The number of hydrogen-bond donors (Lipinski definition) is 0. The number of piperidine rings is 1. The normalized spacial score (nSPS) is 17.7. The molecule has 0 atom stereocenters. The first kappa shape index (κ1) is 22.1. The van der Waals surface area contributed by atoms with Crippen molar-refractivity contribution in [1.29, 1.82) is 5.26 Å². The molecule has 0 saturated carbocycles. The Kier molecular flexibility index (Phi) is 6.92. The topological polar surface area (TPSA) is 56.6 Å². The highest BCUT2D eigenvalue weighted by Gasteiger charge is 2.22. The summed E-state index contributed by atoms with van der Waals surface area (Å²) in [4.78, 5) is 17.1. The van der Waals surface area contributed by atoms with E-state index >= 15 is 0 Å². The molecule has 0 aromatic heterocycles. The zero-order valence-electron chi connectivity index (χ0n) is 19.0. The third-order valence-electron chi connectivity index (χ3n) is 6.49. The van der Waals surface area contributed by atoms with Crippen molar-refractivity contribution in [3.8, 4) is 11.8 Å². The second-order valence-electron chi connectivity index (χ2n) is 8.89. The molecular weight excluding hydrogens is 398 g/mol. The summed E-state index contributed by atoms with van der Waals surface area (Å²) in [6, 6.07) is 17.9. The fraction of sp³-hybridized carbons (Fsp3) is 0.407. The molecule has 1 saturated heterocycles. The molecular formula is C27H31N3O2. The third-order valence-corrected chi connectivity index (χ3v) is 6.49. The summed E-state index contributed by atoms with van der Waals surface area (Å²) < 4.78 is 6.22. The SMILES string of the molecule is CC(C)N1CCC(Oc2ccc(C3=CCN(C(=O)c4ccc(C#N)cc4)CC3)cc2)CC1. The lowest BCUT2D eigenvalue weighted by atomic mass is 9.99. The van der Waals surface area contributed by atoms with Crippen LogP contribution in [0.3, 0.4) is 0 Å². The Balaban J connectivity index is 1.31. The van der Waals surface area contributed by atoms with E-state index in [1.807, 2.05) is 4.90 Å². The summed E-state index contributed by atoms with van der Waals surface area (Å²) in [7, 11) is 0. The fourth-order valence-corrected chi connectivity index (χ4v) is 4.44. The van der Waals surface area contributed by atoms with Gasteiger partial charge in [0.2, 0.25) is 0 Å². The first-order valence-electron chi connectivity index (χ1n) is 11.5. The number of ether oxygens (including phenoxy) is 1. The predicted octanol–water partition coefficient (Wildman–Crippen LogP) is 4.74. The highest BCUT2D eigenvalue weighted by Crippen LogP contribution is 2.26. The van der Waals surface area contributed by atoms with Gasteiger partial charge in [0.15, 0.2) is 0 Å². The van der Waals surface area contributed by atoms with Crippen LogP contribution in [0, 0.1) is 11.3 Å². The first-order valence-corrected chi connectivity index (χ1v) is 11.5. The number of amides is 1. The lowest BCUT2D eigenvalue weighted by Crippen LogP contribution is -2.41. The molecule has 5 heteroatoms. The molecule has 32 heavy (non-hydrogen) atoms. The van der Waals surface area contributed by atoms with E-state index in [9.17, 15) is 4.79 Å². The van der Waals surface area contributed by atoms with Crippen LogP contribution in [0.25, 0.3) is 5.57 Å². The molecule has 2 aromatic rings. The van der Waals surface area contributed by atoms with Gasteiger partial charge in [-0.2, -0.15) is 5.26 Å². The van der Waals surface area contributed by atoms with E-state index in [1.54, 1.807) is 24.3 Å². The van der Waals surface area contributed by atoms with Gasteiger partial charge in [0.1, 0.15) is 11.9 Å². The molecule has 0 N–H and O–H groups in total. The maximum Gasteiger partial charge on any atom is 0.254 e. The van der Waals surface area contributed by atoms with Crippen LogP contribution in [0.1, 0.15) is 54.6 Å². The fourth-order valence-electron chi connectivity index (χ4n) is 4.44. The zero-order chi connectivity index (χ0) is 22.5. The van der Waals surface area contributed by atoms with Crippen molar-refractivity contribution in [1.82, 2.24) is 9.80 Å². The summed E-state index contributed by atoms with van der Waals surface area (Å²) in [6.45, 7) is 8.00. The Morgan fingerprint density at radius 2 is 1.72 bits per heavy atom. The lowest BCUT2D eigenvalue weighted by molar-refractivity contribution is 0.0773. The lowest BCUT2D eigenvalue weighted by Gasteiger charge is -2.34. The Morgan fingerprint density at radius 1 is 1.03 bits per heavy atom. The Labute approximate surface area is 190 Å². The maximum atomic E-state index is 12.7. The number of benzene rings is 2. The molecule has 1 amide bonds. The monoisotopic (exact) mass is 429 g/mol. The van der Waals surface area contributed by atoms with Gasteiger partial charge in [-0.05, 0) is 80.6 Å².